The summed E-state index contributed by atoms with van der Waals surface area (Å²) in [6, 6.07) is 19.4. The van der Waals surface area contributed by atoms with E-state index in [1.807, 2.05) is 72.3 Å². The van der Waals surface area contributed by atoms with Crippen molar-refractivity contribution in [2.24, 2.45) is 7.05 Å². The Morgan fingerprint density at radius 1 is 0.625 bits per heavy atom. The predicted molar refractivity (Wildman–Crippen MR) is 94.1 cm³/mol. The lowest BCUT2D eigenvalue weighted by Crippen LogP contribution is -2.10. The van der Waals surface area contributed by atoms with Crippen molar-refractivity contribution >= 4 is 11.6 Å². The van der Waals surface area contributed by atoms with E-state index in [0.29, 0.717) is 11.1 Å². The Kier molecular flexibility index (Phi) is 3.28. The van der Waals surface area contributed by atoms with Crippen molar-refractivity contribution in [3.05, 3.63) is 83.9 Å². The second-order valence-corrected chi connectivity index (χ2v) is 5.80. The van der Waals surface area contributed by atoms with Crippen molar-refractivity contribution in [3.8, 4) is 22.5 Å². The van der Waals surface area contributed by atoms with Crippen molar-refractivity contribution in [1.82, 2.24) is 4.57 Å². The first kappa shape index (κ1) is 14.4. The fourth-order valence-corrected chi connectivity index (χ4v) is 3.35. The molecule has 1 aliphatic carbocycles. The van der Waals surface area contributed by atoms with Gasteiger partial charge in [-0.3, -0.25) is 9.59 Å². The second kappa shape index (κ2) is 5.46. The summed E-state index contributed by atoms with van der Waals surface area (Å²) in [7, 11) is 1.91. The van der Waals surface area contributed by atoms with E-state index in [2.05, 4.69) is 0 Å². The van der Waals surface area contributed by atoms with Gasteiger partial charge in [0.15, 0.2) is 11.6 Å². The summed E-state index contributed by atoms with van der Waals surface area (Å²) >= 11 is 0. The summed E-state index contributed by atoms with van der Waals surface area (Å²) < 4.78 is 1.96. The topological polar surface area (TPSA) is 39.1 Å². The molecular weight excluding hydrogens is 298 g/mol. The maximum absolute atomic E-state index is 12.6. The largest absolute Gasteiger partial charge is 0.342 e. The zero-order valence-electron chi connectivity index (χ0n) is 13.2. The highest BCUT2D eigenvalue weighted by Crippen LogP contribution is 2.38. The van der Waals surface area contributed by atoms with E-state index in [-0.39, 0.29) is 11.6 Å². The molecule has 2 aromatic carbocycles. The van der Waals surface area contributed by atoms with Crippen LogP contribution >= 0.6 is 0 Å². The summed E-state index contributed by atoms with van der Waals surface area (Å²) in [5.41, 5.74) is 4.41. The Balaban J connectivity index is 2.11. The summed E-state index contributed by atoms with van der Waals surface area (Å²) in [5.74, 6) is -0.248. The van der Waals surface area contributed by atoms with Crippen molar-refractivity contribution in [2.45, 2.75) is 0 Å². The summed E-state index contributed by atoms with van der Waals surface area (Å²) in [6.07, 6.45) is 2.73. The van der Waals surface area contributed by atoms with Crippen molar-refractivity contribution in [3.63, 3.8) is 0 Å². The fraction of sp³-hybridized carbons (Fsp3) is 0.0476. The van der Waals surface area contributed by atoms with E-state index in [1.165, 1.54) is 12.2 Å². The molecule has 1 aliphatic rings. The number of hydrogen-bond donors (Lipinski definition) is 0. The van der Waals surface area contributed by atoms with Crippen LogP contribution < -0.4 is 0 Å². The number of rotatable bonds is 2. The number of carbonyl (C=O) groups excluding carboxylic acids is 2. The third kappa shape index (κ3) is 2.06. The number of fused-ring (bicyclic) bond motifs is 1. The van der Waals surface area contributed by atoms with Gasteiger partial charge in [-0.15, -0.1) is 0 Å². The number of nitrogens with zero attached hydrogens (tertiary/aromatic N) is 1. The maximum Gasteiger partial charge on any atom is 0.188 e. The first-order valence-electron chi connectivity index (χ1n) is 7.78. The summed E-state index contributed by atoms with van der Waals surface area (Å²) in [6.45, 7) is 0. The van der Waals surface area contributed by atoms with Crippen molar-refractivity contribution in [2.75, 3.05) is 0 Å². The van der Waals surface area contributed by atoms with Gasteiger partial charge >= 0.3 is 0 Å². The van der Waals surface area contributed by atoms with E-state index >= 15 is 0 Å². The molecule has 0 radical (unpaired) electrons. The van der Waals surface area contributed by atoms with Crippen LogP contribution in [0.2, 0.25) is 0 Å². The molecule has 0 atom stereocenters. The Morgan fingerprint density at radius 2 is 1.00 bits per heavy atom. The molecule has 0 amide bonds. The minimum absolute atomic E-state index is 0.124. The van der Waals surface area contributed by atoms with Gasteiger partial charge in [-0.2, -0.15) is 0 Å². The van der Waals surface area contributed by atoms with E-state index in [9.17, 15) is 9.59 Å². The molecule has 4 rings (SSSR count). The first-order valence-corrected chi connectivity index (χ1v) is 7.78. The molecule has 3 nitrogen and oxygen atoms in total. The van der Waals surface area contributed by atoms with Gasteiger partial charge in [0.2, 0.25) is 0 Å². The van der Waals surface area contributed by atoms with Gasteiger partial charge in [0.1, 0.15) is 0 Å². The SMILES string of the molecule is Cn1c(-c2ccccc2)c2c(c1-c1ccccc1)C(=O)C=CC2=O. The monoisotopic (exact) mass is 313 g/mol. The van der Waals surface area contributed by atoms with E-state index < -0.39 is 0 Å². The lowest BCUT2D eigenvalue weighted by atomic mass is 9.92. The van der Waals surface area contributed by atoms with Crippen LogP contribution in [0.1, 0.15) is 20.7 Å². The smallest absolute Gasteiger partial charge is 0.188 e. The average molecular weight is 313 g/mol. The third-order valence-corrected chi connectivity index (χ3v) is 4.37. The quantitative estimate of drug-likeness (QED) is 0.708. The van der Waals surface area contributed by atoms with Crippen LogP contribution in [0.3, 0.4) is 0 Å². The number of aromatic nitrogens is 1. The molecule has 0 unspecified atom stereocenters. The molecule has 1 aromatic heterocycles. The predicted octanol–water partition coefficient (Wildman–Crippen LogP) is 4.29. The molecule has 116 valence electrons. The molecule has 0 spiro atoms. The molecule has 0 N–H and O–H groups in total. The normalized spacial score (nSPS) is 13.2. The Bertz CT molecular complexity index is 901. The number of hydrogen-bond acceptors (Lipinski definition) is 2. The van der Waals surface area contributed by atoms with Gasteiger partial charge in [-0.25, -0.2) is 0 Å². The average Bonchev–Trinajstić information content (AvgIpc) is 2.94. The molecular formula is C21H15NO2. The van der Waals surface area contributed by atoms with Gasteiger partial charge in [-0.1, -0.05) is 60.7 Å². The molecule has 3 aromatic rings. The van der Waals surface area contributed by atoms with Crippen LogP contribution in [0.4, 0.5) is 0 Å². The minimum atomic E-state index is -0.124. The number of benzene rings is 2. The fourth-order valence-electron chi connectivity index (χ4n) is 3.35. The Morgan fingerprint density at radius 3 is 1.38 bits per heavy atom. The molecule has 24 heavy (non-hydrogen) atoms. The minimum Gasteiger partial charge on any atom is -0.342 e. The van der Waals surface area contributed by atoms with Gasteiger partial charge in [0.05, 0.1) is 22.5 Å². The highest BCUT2D eigenvalue weighted by atomic mass is 16.1. The molecule has 0 saturated heterocycles. The van der Waals surface area contributed by atoms with Gasteiger partial charge in [-0.05, 0) is 23.3 Å². The highest BCUT2D eigenvalue weighted by molar-refractivity contribution is 6.27. The van der Waals surface area contributed by atoms with E-state index in [0.717, 1.165) is 22.5 Å². The van der Waals surface area contributed by atoms with E-state index in [1.54, 1.807) is 0 Å². The lowest BCUT2D eigenvalue weighted by molar-refractivity contribution is 0.0996. The first-order chi connectivity index (χ1) is 11.7. The molecule has 3 heteroatoms. The van der Waals surface area contributed by atoms with Crippen molar-refractivity contribution in [1.29, 1.82) is 0 Å². The second-order valence-electron chi connectivity index (χ2n) is 5.80. The Labute approximate surface area is 139 Å². The number of carbonyl (C=O) groups is 2. The third-order valence-electron chi connectivity index (χ3n) is 4.37. The van der Waals surface area contributed by atoms with E-state index in [4.69, 9.17) is 0 Å². The van der Waals surface area contributed by atoms with Crippen LogP contribution in [-0.4, -0.2) is 16.1 Å². The summed E-state index contributed by atoms with van der Waals surface area (Å²) in [5, 5.41) is 0. The zero-order chi connectivity index (χ0) is 16.7. The summed E-state index contributed by atoms with van der Waals surface area (Å²) in [4.78, 5) is 25.1. The van der Waals surface area contributed by atoms with Gasteiger partial charge in [0.25, 0.3) is 0 Å². The van der Waals surface area contributed by atoms with Crippen LogP contribution in [0.5, 0.6) is 0 Å². The number of ketones is 2. The van der Waals surface area contributed by atoms with Crippen molar-refractivity contribution < 1.29 is 9.59 Å². The van der Waals surface area contributed by atoms with Crippen LogP contribution in [0.25, 0.3) is 22.5 Å². The van der Waals surface area contributed by atoms with Gasteiger partial charge in [0, 0.05) is 7.05 Å². The standard InChI is InChI=1S/C21H15NO2/c1-22-20(14-8-4-2-5-9-14)18-16(23)12-13-17(24)19(18)21(22)15-10-6-3-7-11-15/h2-13H,1H3. The van der Waals surface area contributed by atoms with Gasteiger partial charge < -0.3 is 4.57 Å². The van der Waals surface area contributed by atoms with Crippen LogP contribution in [0, 0.1) is 0 Å². The Hall–Kier alpha value is -3.20. The highest BCUT2D eigenvalue weighted by Gasteiger charge is 2.31. The molecule has 1 heterocycles. The molecule has 0 aliphatic heterocycles. The number of allylic oxidation sites excluding steroid dienone is 2. The lowest BCUT2D eigenvalue weighted by Gasteiger charge is -2.09. The maximum atomic E-state index is 12.6. The molecule has 0 bridgehead atoms. The molecule has 0 fully saturated rings. The zero-order valence-corrected chi connectivity index (χ0v) is 13.2. The molecule has 0 saturated carbocycles. The van der Waals surface area contributed by atoms with Crippen LogP contribution in [0.15, 0.2) is 72.8 Å². The van der Waals surface area contributed by atoms with Crippen LogP contribution in [-0.2, 0) is 7.05 Å².